The highest BCUT2D eigenvalue weighted by Gasteiger charge is 2.57. The molecule has 0 unspecified atom stereocenters. The van der Waals surface area contributed by atoms with Crippen molar-refractivity contribution in [2.24, 2.45) is 0 Å². The van der Waals surface area contributed by atoms with Gasteiger partial charge < -0.3 is 5.73 Å². The maximum absolute atomic E-state index is 8.06. The van der Waals surface area contributed by atoms with Crippen LogP contribution in [0.5, 0.6) is 0 Å². The second-order valence-electron chi connectivity index (χ2n) is 16.1. The van der Waals surface area contributed by atoms with Gasteiger partial charge in [-0.2, -0.15) is 0 Å². The van der Waals surface area contributed by atoms with E-state index in [0.29, 0.717) is 0 Å². The molecule has 7 aromatic rings. The highest BCUT2D eigenvalue weighted by Crippen LogP contribution is 2.66. The molecule has 6 aliphatic rings. The van der Waals surface area contributed by atoms with Gasteiger partial charge >= 0.3 is 0 Å². The molecule has 13 rings (SSSR count). The van der Waals surface area contributed by atoms with Crippen LogP contribution < -0.4 is 5.73 Å². The number of rotatable bonds is 2. The van der Waals surface area contributed by atoms with Gasteiger partial charge in [0.05, 0.1) is 10.8 Å². The lowest BCUT2D eigenvalue weighted by atomic mass is 9.48. The molecule has 0 fully saturated rings. The van der Waals surface area contributed by atoms with Crippen molar-refractivity contribution in [2.75, 3.05) is 5.73 Å². The van der Waals surface area contributed by atoms with Gasteiger partial charge in [0.25, 0.3) is 0 Å². The molecular formula is C50H39N. The van der Waals surface area contributed by atoms with Gasteiger partial charge in [0.15, 0.2) is 0 Å². The molecule has 0 heterocycles. The smallest absolute Gasteiger partial charge is 0.0730 e. The molecule has 0 saturated carbocycles. The summed E-state index contributed by atoms with van der Waals surface area (Å²) in [6, 6.07) is 60.0. The van der Waals surface area contributed by atoms with E-state index in [-0.39, 0.29) is 17.3 Å². The Bertz CT molecular complexity index is 2210. The molecule has 244 valence electrons. The van der Waals surface area contributed by atoms with Crippen LogP contribution in [0.1, 0.15) is 116 Å². The van der Waals surface area contributed by atoms with Crippen LogP contribution in [-0.2, 0) is 16.2 Å². The Morgan fingerprint density at radius 2 is 0.608 bits per heavy atom. The molecule has 1 heteroatoms. The van der Waals surface area contributed by atoms with Crippen LogP contribution in [0.4, 0.5) is 5.69 Å². The van der Waals surface area contributed by atoms with Crippen LogP contribution >= 0.6 is 0 Å². The molecule has 1 nitrogen and oxygen atoms in total. The summed E-state index contributed by atoms with van der Waals surface area (Å²) in [7, 11) is 0. The third-order valence-electron chi connectivity index (χ3n) is 12.9. The number of hydrogen-bond donors (Lipinski definition) is 1. The lowest BCUT2D eigenvalue weighted by Gasteiger charge is -2.54. The maximum Gasteiger partial charge on any atom is 0.0730 e. The van der Waals surface area contributed by atoms with Crippen molar-refractivity contribution in [2.45, 2.75) is 48.9 Å². The second-order valence-corrected chi connectivity index (χ2v) is 16.1. The summed E-state index contributed by atoms with van der Waals surface area (Å²) in [5.74, 6) is 0.389. The summed E-state index contributed by atoms with van der Waals surface area (Å²) in [6.07, 6.45) is 0. The molecule has 7 aromatic carbocycles. The molecule has 0 atom stereocenters. The first-order valence-electron chi connectivity index (χ1n) is 18.4. The van der Waals surface area contributed by atoms with Gasteiger partial charge in [0.2, 0.25) is 0 Å². The highest BCUT2D eigenvalue weighted by molar-refractivity contribution is 5.85. The summed E-state index contributed by atoms with van der Waals surface area (Å²) in [4.78, 5) is 0. The summed E-state index contributed by atoms with van der Waals surface area (Å²) in [5.41, 5.74) is 27.7. The largest absolute Gasteiger partial charge is 0.398 e. The Labute approximate surface area is 300 Å². The number of nitrogen functional groups attached to an aromatic ring is 1. The van der Waals surface area contributed by atoms with Crippen molar-refractivity contribution in [3.05, 3.63) is 241 Å². The minimum atomic E-state index is -0.584. The van der Waals surface area contributed by atoms with E-state index in [0.717, 1.165) is 5.69 Å². The fourth-order valence-corrected chi connectivity index (χ4v) is 11.0. The Balaban J connectivity index is 1.36. The van der Waals surface area contributed by atoms with Gasteiger partial charge in [-0.3, -0.25) is 0 Å². The zero-order chi connectivity index (χ0) is 34.3. The Morgan fingerprint density at radius 3 is 0.843 bits per heavy atom. The molecule has 4 bridgehead atoms. The van der Waals surface area contributed by atoms with Crippen LogP contribution in [0.15, 0.2) is 158 Å². The van der Waals surface area contributed by atoms with Gasteiger partial charge in [0.1, 0.15) is 0 Å². The van der Waals surface area contributed by atoms with Crippen LogP contribution in [0.25, 0.3) is 0 Å². The number of hydrogen-bond acceptors (Lipinski definition) is 1. The van der Waals surface area contributed by atoms with Gasteiger partial charge in [-0.1, -0.05) is 178 Å². The molecule has 0 radical (unpaired) electrons. The Hall–Kier alpha value is -5.66. The first kappa shape index (κ1) is 29.1. The van der Waals surface area contributed by atoms with Gasteiger partial charge in [-0.15, -0.1) is 0 Å². The molecule has 0 spiro atoms. The Kier molecular flexibility index (Phi) is 5.57. The molecule has 0 saturated heterocycles. The molecule has 0 aromatic heterocycles. The highest BCUT2D eigenvalue weighted by atomic mass is 14.7. The van der Waals surface area contributed by atoms with Crippen LogP contribution in [0, 0.1) is 0 Å². The van der Waals surface area contributed by atoms with E-state index in [2.05, 4.69) is 178 Å². The van der Waals surface area contributed by atoms with E-state index in [1.807, 2.05) is 0 Å². The van der Waals surface area contributed by atoms with E-state index in [9.17, 15) is 0 Å². The maximum atomic E-state index is 8.06. The summed E-state index contributed by atoms with van der Waals surface area (Å²) < 4.78 is 0. The van der Waals surface area contributed by atoms with E-state index in [1.54, 1.807) is 0 Å². The SMILES string of the molecule is CC(C)(C)c1cc(C23c4ccccc4C(c4ccccc42)c2ccccc23)c(N)c(C23c4ccccc4C(c4ccccc42)c2ccccc23)c1. The van der Waals surface area contributed by atoms with Crippen molar-refractivity contribution in [3.63, 3.8) is 0 Å². The average molecular weight is 654 g/mol. The Morgan fingerprint density at radius 1 is 0.373 bits per heavy atom. The van der Waals surface area contributed by atoms with Crippen molar-refractivity contribution in [1.82, 2.24) is 0 Å². The summed E-state index contributed by atoms with van der Waals surface area (Å²) in [5, 5.41) is 0. The van der Waals surface area contributed by atoms with E-state index in [4.69, 9.17) is 5.73 Å². The predicted octanol–water partition coefficient (Wildman–Crippen LogP) is 10.9. The van der Waals surface area contributed by atoms with Gasteiger partial charge in [-0.25, -0.2) is 0 Å². The van der Waals surface area contributed by atoms with Crippen LogP contribution in [-0.4, -0.2) is 0 Å². The fraction of sp³-hybridized carbons (Fsp3) is 0.160. The summed E-state index contributed by atoms with van der Waals surface area (Å²) >= 11 is 0. The molecule has 2 N–H and O–H groups in total. The van der Waals surface area contributed by atoms with Crippen molar-refractivity contribution >= 4 is 5.69 Å². The van der Waals surface area contributed by atoms with Crippen molar-refractivity contribution in [1.29, 1.82) is 0 Å². The normalized spacial score (nSPS) is 22.6. The van der Waals surface area contributed by atoms with E-state index < -0.39 is 10.8 Å². The third-order valence-corrected chi connectivity index (χ3v) is 12.9. The van der Waals surface area contributed by atoms with Crippen LogP contribution in [0.2, 0.25) is 0 Å². The molecule has 6 aliphatic carbocycles. The molecule has 51 heavy (non-hydrogen) atoms. The zero-order valence-corrected chi connectivity index (χ0v) is 29.2. The molecule has 0 aliphatic heterocycles. The zero-order valence-electron chi connectivity index (χ0n) is 29.2. The molecular weight excluding hydrogens is 615 g/mol. The lowest BCUT2D eigenvalue weighted by molar-refractivity contribution is 0.574. The minimum Gasteiger partial charge on any atom is -0.398 e. The quantitative estimate of drug-likeness (QED) is 0.185. The number of benzene rings is 7. The fourth-order valence-electron chi connectivity index (χ4n) is 11.0. The first-order valence-corrected chi connectivity index (χ1v) is 18.4. The topological polar surface area (TPSA) is 26.0 Å². The second kappa shape index (κ2) is 9.77. The minimum absolute atomic E-state index is 0.140. The van der Waals surface area contributed by atoms with Gasteiger partial charge in [-0.05, 0) is 88.9 Å². The van der Waals surface area contributed by atoms with Crippen molar-refractivity contribution in [3.8, 4) is 0 Å². The average Bonchev–Trinajstić information content (AvgIpc) is 3.17. The van der Waals surface area contributed by atoms with Crippen molar-refractivity contribution < 1.29 is 0 Å². The first-order chi connectivity index (χ1) is 24.9. The third kappa shape index (κ3) is 3.34. The van der Waals surface area contributed by atoms with Gasteiger partial charge in [0, 0.05) is 17.5 Å². The predicted molar refractivity (Wildman–Crippen MR) is 208 cm³/mol. The lowest BCUT2D eigenvalue weighted by Crippen LogP contribution is -2.46. The summed E-state index contributed by atoms with van der Waals surface area (Å²) in [6.45, 7) is 7.05. The number of anilines is 1. The van der Waals surface area contributed by atoms with Crippen LogP contribution in [0.3, 0.4) is 0 Å². The molecule has 0 amide bonds. The van der Waals surface area contributed by atoms with E-state index >= 15 is 0 Å². The number of nitrogens with two attached hydrogens (primary N) is 1. The standard InChI is InChI=1S/C50H39N/c1-48(2,3)30-28-43(49-37-22-10-4-16-31(37)45(32-17-5-11-23-38(32)49)33-18-6-12-24-39(33)49)47(51)44(29-30)50-40-25-13-7-19-34(40)46(35-20-8-14-26-41(35)50)36-21-9-15-27-42(36)50/h4-29,45-46H,51H2,1-3H3. The van der Waals surface area contributed by atoms with E-state index in [1.165, 1.54) is 83.5 Å². The monoisotopic (exact) mass is 653 g/mol.